The lowest BCUT2D eigenvalue weighted by Crippen LogP contribution is -2.34. The van der Waals surface area contributed by atoms with E-state index in [1.54, 1.807) is 0 Å². The number of halogens is 1. The second kappa shape index (κ2) is 6.73. The van der Waals surface area contributed by atoms with Gasteiger partial charge in [0.2, 0.25) is 0 Å². The monoisotopic (exact) mass is 363 g/mol. The summed E-state index contributed by atoms with van der Waals surface area (Å²) in [6.07, 6.45) is 2.98. The number of thiophene rings is 1. The van der Waals surface area contributed by atoms with Crippen molar-refractivity contribution in [3.05, 3.63) is 51.4 Å². The Kier molecular flexibility index (Phi) is 4.73. The van der Waals surface area contributed by atoms with E-state index in [0.29, 0.717) is 6.04 Å². The van der Waals surface area contributed by atoms with Crippen LogP contribution in [0.25, 0.3) is 11.0 Å². The van der Waals surface area contributed by atoms with E-state index in [1.165, 1.54) is 14.9 Å². The fourth-order valence-corrected chi connectivity index (χ4v) is 4.12. The zero-order valence-corrected chi connectivity index (χ0v) is 14.3. The molecule has 1 atom stereocenters. The van der Waals surface area contributed by atoms with Gasteiger partial charge in [0, 0.05) is 27.3 Å². The molecule has 110 valence electrons. The quantitative estimate of drug-likeness (QED) is 0.714. The van der Waals surface area contributed by atoms with Crippen molar-refractivity contribution in [2.45, 2.75) is 25.9 Å². The zero-order valence-electron chi connectivity index (χ0n) is 11.9. The molecule has 0 bridgehead atoms. The van der Waals surface area contributed by atoms with Crippen molar-refractivity contribution < 1.29 is 0 Å². The summed E-state index contributed by atoms with van der Waals surface area (Å²) in [6.45, 7) is 4.07. The van der Waals surface area contributed by atoms with Crippen molar-refractivity contribution in [3.8, 4) is 0 Å². The molecule has 3 aromatic rings. The number of nitrogens with one attached hydrogen (secondary N) is 1. The maximum atomic E-state index is 4.47. The van der Waals surface area contributed by atoms with Crippen molar-refractivity contribution in [2.24, 2.45) is 0 Å². The Balaban J connectivity index is 1.78. The van der Waals surface area contributed by atoms with Gasteiger partial charge in [-0.15, -0.1) is 11.3 Å². The smallest absolute Gasteiger partial charge is 0.0958 e. The number of para-hydroxylation sites is 2. The summed E-state index contributed by atoms with van der Waals surface area (Å²) in [5.74, 6) is 0. The molecule has 0 aliphatic carbocycles. The number of benzene rings is 1. The van der Waals surface area contributed by atoms with E-state index in [0.717, 1.165) is 25.0 Å². The highest BCUT2D eigenvalue weighted by molar-refractivity contribution is 9.10. The first-order valence-electron chi connectivity index (χ1n) is 7.12. The van der Waals surface area contributed by atoms with Crippen molar-refractivity contribution in [1.29, 1.82) is 0 Å². The second-order valence-corrected chi connectivity index (χ2v) is 6.99. The molecule has 21 heavy (non-hydrogen) atoms. The van der Waals surface area contributed by atoms with Crippen LogP contribution >= 0.6 is 27.3 Å². The Morgan fingerprint density at radius 3 is 3.00 bits per heavy atom. The molecule has 0 saturated carbocycles. The summed E-state index contributed by atoms with van der Waals surface area (Å²) in [5.41, 5.74) is 2.26. The molecule has 2 aromatic heterocycles. The first-order valence-corrected chi connectivity index (χ1v) is 8.79. The number of hydrogen-bond acceptors (Lipinski definition) is 3. The normalized spacial score (nSPS) is 12.9. The van der Waals surface area contributed by atoms with Gasteiger partial charge in [-0.05, 0) is 47.1 Å². The summed E-state index contributed by atoms with van der Waals surface area (Å²) in [5, 5.41) is 5.73. The van der Waals surface area contributed by atoms with Crippen molar-refractivity contribution >= 4 is 38.3 Å². The van der Waals surface area contributed by atoms with Crippen molar-refractivity contribution in [1.82, 2.24) is 14.9 Å². The van der Waals surface area contributed by atoms with Crippen LogP contribution in [0.3, 0.4) is 0 Å². The van der Waals surface area contributed by atoms with Gasteiger partial charge in [0.25, 0.3) is 0 Å². The number of nitrogens with zero attached hydrogens (tertiary/aromatic N) is 2. The first-order chi connectivity index (χ1) is 10.3. The molecule has 0 amide bonds. The summed E-state index contributed by atoms with van der Waals surface area (Å²) >= 11 is 5.34. The molecule has 1 N–H and O–H groups in total. The Morgan fingerprint density at radius 2 is 2.24 bits per heavy atom. The van der Waals surface area contributed by atoms with Crippen LogP contribution in [0.5, 0.6) is 0 Å². The average Bonchev–Trinajstić information content (AvgIpc) is 3.06. The lowest BCUT2D eigenvalue weighted by Gasteiger charge is -2.18. The van der Waals surface area contributed by atoms with E-state index in [9.17, 15) is 0 Å². The van der Waals surface area contributed by atoms with E-state index >= 15 is 0 Å². The highest BCUT2D eigenvalue weighted by Gasteiger charge is 2.12. The van der Waals surface area contributed by atoms with Crippen LogP contribution in [-0.2, 0) is 13.0 Å². The van der Waals surface area contributed by atoms with Crippen LogP contribution in [0.15, 0.2) is 46.5 Å². The largest absolute Gasteiger partial charge is 0.329 e. The Hall–Kier alpha value is -1.17. The Morgan fingerprint density at radius 1 is 1.38 bits per heavy atom. The van der Waals surface area contributed by atoms with Crippen molar-refractivity contribution in [3.63, 3.8) is 0 Å². The van der Waals surface area contributed by atoms with Crippen molar-refractivity contribution in [2.75, 3.05) is 6.54 Å². The number of aromatic nitrogens is 2. The van der Waals surface area contributed by atoms with Gasteiger partial charge in [0.15, 0.2) is 0 Å². The van der Waals surface area contributed by atoms with E-state index in [-0.39, 0.29) is 0 Å². The van der Waals surface area contributed by atoms with Crippen LogP contribution in [0.2, 0.25) is 0 Å². The van der Waals surface area contributed by atoms with E-state index in [4.69, 9.17) is 0 Å². The van der Waals surface area contributed by atoms with Gasteiger partial charge < -0.3 is 9.88 Å². The molecule has 0 fully saturated rings. The van der Waals surface area contributed by atoms with E-state index < -0.39 is 0 Å². The molecule has 1 unspecified atom stereocenters. The average molecular weight is 364 g/mol. The molecule has 0 radical (unpaired) electrons. The fraction of sp³-hybridized carbons (Fsp3) is 0.312. The van der Waals surface area contributed by atoms with E-state index in [1.807, 2.05) is 23.7 Å². The number of imidazole rings is 1. The molecule has 5 heteroatoms. The number of hydrogen-bond donors (Lipinski definition) is 1. The lowest BCUT2D eigenvalue weighted by atomic mass is 10.1. The molecule has 0 spiro atoms. The van der Waals surface area contributed by atoms with Crippen LogP contribution in [-0.4, -0.2) is 22.1 Å². The zero-order chi connectivity index (χ0) is 14.7. The van der Waals surface area contributed by atoms with Gasteiger partial charge in [-0.2, -0.15) is 0 Å². The van der Waals surface area contributed by atoms with Crippen LogP contribution in [0.4, 0.5) is 0 Å². The molecule has 3 rings (SSSR count). The molecule has 0 aliphatic heterocycles. The minimum absolute atomic E-state index is 0.415. The number of rotatable bonds is 6. The van der Waals surface area contributed by atoms with Gasteiger partial charge in [-0.25, -0.2) is 4.98 Å². The third-order valence-electron chi connectivity index (χ3n) is 3.51. The highest BCUT2D eigenvalue weighted by Crippen LogP contribution is 2.22. The summed E-state index contributed by atoms with van der Waals surface area (Å²) in [6, 6.07) is 10.9. The standard InChI is InChI=1S/C16H18BrN3S/c1-2-18-13(8-14-7-12(17)10-21-14)9-20-11-19-15-5-3-4-6-16(15)20/h3-7,10-11,13,18H,2,8-9H2,1H3. The van der Waals surface area contributed by atoms with Gasteiger partial charge in [0.1, 0.15) is 0 Å². The third kappa shape index (κ3) is 3.54. The van der Waals surface area contributed by atoms with Gasteiger partial charge in [-0.1, -0.05) is 19.1 Å². The summed E-state index contributed by atoms with van der Waals surface area (Å²) in [7, 11) is 0. The lowest BCUT2D eigenvalue weighted by molar-refractivity contribution is 0.463. The second-order valence-electron chi connectivity index (χ2n) is 5.08. The fourth-order valence-electron chi connectivity index (χ4n) is 2.59. The van der Waals surface area contributed by atoms with Crippen LogP contribution in [0, 0.1) is 0 Å². The molecule has 2 heterocycles. The first kappa shape index (κ1) is 14.8. The molecule has 0 aliphatic rings. The van der Waals surface area contributed by atoms with Gasteiger partial charge in [-0.3, -0.25) is 0 Å². The minimum Gasteiger partial charge on any atom is -0.329 e. The van der Waals surface area contributed by atoms with E-state index in [2.05, 4.69) is 67.4 Å². The predicted octanol–water partition coefficient (Wildman–Crippen LogP) is 4.08. The van der Waals surface area contributed by atoms with Crippen LogP contribution in [0.1, 0.15) is 11.8 Å². The number of fused-ring (bicyclic) bond motifs is 1. The predicted molar refractivity (Wildman–Crippen MR) is 92.9 cm³/mol. The topological polar surface area (TPSA) is 29.9 Å². The van der Waals surface area contributed by atoms with Crippen LogP contribution < -0.4 is 5.32 Å². The molecule has 3 nitrogen and oxygen atoms in total. The SMILES string of the molecule is CCNC(Cc1cc(Br)cs1)Cn1cnc2ccccc21. The summed E-state index contributed by atoms with van der Waals surface area (Å²) < 4.78 is 3.41. The van der Waals surface area contributed by atoms with Gasteiger partial charge >= 0.3 is 0 Å². The molecular formula is C16H18BrN3S. The molecule has 1 aromatic carbocycles. The maximum Gasteiger partial charge on any atom is 0.0958 e. The Labute approximate surface area is 137 Å². The third-order valence-corrected chi connectivity index (χ3v) is 5.23. The summed E-state index contributed by atoms with van der Waals surface area (Å²) in [4.78, 5) is 5.87. The highest BCUT2D eigenvalue weighted by atomic mass is 79.9. The Bertz CT molecular complexity index is 719. The number of likely N-dealkylation sites (N-methyl/N-ethyl adjacent to an activating group) is 1. The molecular weight excluding hydrogens is 346 g/mol. The maximum absolute atomic E-state index is 4.47. The van der Waals surface area contributed by atoms with Gasteiger partial charge in [0.05, 0.1) is 17.4 Å². The molecule has 0 saturated heterocycles. The minimum atomic E-state index is 0.415.